The minimum atomic E-state index is 0.645. The molecule has 330 valence electrons. The van der Waals surface area contributed by atoms with Crippen LogP contribution >= 0.6 is 0 Å². The molecule has 4 aromatic heterocycles. The number of fused-ring (bicyclic) bond motifs is 13. The molecule has 0 aliphatic heterocycles. The van der Waals surface area contributed by atoms with Crippen LogP contribution in [-0.4, -0.2) is 23.7 Å². The second-order valence-electron chi connectivity index (χ2n) is 18.5. The third-order valence-corrected chi connectivity index (χ3v) is 14.6. The normalized spacial score (nSPS) is 11.9. The summed E-state index contributed by atoms with van der Waals surface area (Å²) in [4.78, 5) is 10.8. The average molecular weight is 904 g/mol. The molecule has 0 saturated carbocycles. The highest BCUT2D eigenvalue weighted by Crippen LogP contribution is 2.46. The Morgan fingerprint density at radius 3 is 1.41 bits per heavy atom. The Morgan fingerprint density at radius 1 is 0.254 bits per heavy atom. The van der Waals surface area contributed by atoms with Crippen LogP contribution in [0.15, 0.2) is 249 Å². The monoisotopic (exact) mass is 903 g/mol. The predicted molar refractivity (Wildman–Crippen MR) is 296 cm³/mol. The van der Waals surface area contributed by atoms with E-state index in [9.17, 15) is 0 Å². The largest absolute Gasteiger partial charge is 0.309 e. The van der Waals surface area contributed by atoms with Crippen molar-refractivity contribution in [2.24, 2.45) is 0 Å². The van der Waals surface area contributed by atoms with Crippen molar-refractivity contribution in [2.75, 3.05) is 0 Å². The van der Waals surface area contributed by atoms with E-state index in [-0.39, 0.29) is 0 Å². The van der Waals surface area contributed by atoms with E-state index in [0.29, 0.717) is 5.95 Å². The average Bonchev–Trinajstić information content (AvgIpc) is 4.08. The summed E-state index contributed by atoms with van der Waals surface area (Å²) >= 11 is 0. The summed E-state index contributed by atoms with van der Waals surface area (Å²) < 4.78 is 7.23. The highest BCUT2D eigenvalue weighted by Gasteiger charge is 2.24. The van der Waals surface area contributed by atoms with E-state index in [1.165, 1.54) is 65.5 Å². The minimum absolute atomic E-state index is 0.645. The molecule has 4 heterocycles. The number of benzene rings is 11. The zero-order chi connectivity index (χ0) is 46.6. The summed E-state index contributed by atoms with van der Waals surface area (Å²) in [6, 6.07) is 89.9. The van der Waals surface area contributed by atoms with E-state index in [4.69, 9.17) is 9.97 Å². The molecule has 0 saturated heterocycles. The molecule has 0 fully saturated rings. The number of rotatable bonds is 6. The first kappa shape index (κ1) is 39.4. The number of para-hydroxylation sites is 3. The molecule has 0 aliphatic rings. The molecule has 0 bridgehead atoms. The lowest BCUT2D eigenvalue weighted by Gasteiger charge is -2.13. The van der Waals surface area contributed by atoms with Crippen LogP contribution in [0.4, 0.5) is 0 Å². The molecule has 0 spiro atoms. The Morgan fingerprint density at radius 2 is 0.746 bits per heavy atom. The van der Waals surface area contributed by atoms with Gasteiger partial charge in [-0.1, -0.05) is 182 Å². The maximum atomic E-state index is 5.44. The van der Waals surface area contributed by atoms with Crippen molar-refractivity contribution in [3.8, 4) is 50.8 Å². The van der Waals surface area contributed by atoms with Gasteiger partial charge in [-0.05, 0) is 94.4 Å². The number of hydrogen-bond donors (Lipinski definition) is 0. The first-order valence-corrected chi connectivity index (χ1v) is 24.2. The van der Waals surface area contributed by atoms with Gasteiger partial charge in [0, 0.05) is 60.0 Å². The molecule has 5 heteroatoms. The van der Waals surface area contributed by atoms with Crippen molar-refractivity contribution in [3.05, 3.63) is 249 Å². The van der Waals surface area contributed by atoms with Crippen molar-refractivity contribution in [1.82, 2.24) is 23.7 Å². The van der Waals surface area contributed by atoms with E-state index in [2.05, 4.69) is 262 Å². The van der Waals surface area contributed by atoms with Crippen LogP contribution in [0.2, 0.25) is 0 Å². The Bertz CT molecular complexity index is 4620. The maximum Gasteiger partial charge on any atom is 0.235 e. The fourth-order valence-corrected chi connectivity index (χ4v) is 11.5. The predicted octanol–water partition coefficient (Wildman–Crippen LogP) is 17.1. The van der Waals surface area contributed by atoms with Gasteiger partial charge in [0.05, 0.1) is 44.3 Å². The Kier molecular flexibility index (Phi) is 8.59. The van der Waals surface area contributed by atoms with Crippen molar-refractivity contribution in [3.63, 3.8) is 0 Å². The first-order valence-electron chi connectivity index (χ1n) is 24.2. The molecule has 15 aromatic rings. The molecule has 0 amide bonds. The number of hydrogen-bond acceptors (Lipinski definition) is 2. The van der Waals surface area contributed by atoms with Gasteiger partial charge >= 0.3 is 0 Å². The first-order chi connectivity index (χ1) is 35.2. The van der Waals surface area contributed by atoms with E-state index < -0.39 is 0 Å². The smallest absolute Gasteiger partial charge is 0.235 e. The lowest BCUT2D eigenvalue weighted by Crippen LogP contribution is -2.03. The Balaban J connectivity index is 1.08. The van der Waals surface area contributed by atoms with Gasteiger partial charge in [0.25, 0.3) is 0 Å². The zero-order valence-corrected chi connectivity index (χ0v) is 38.4. The molecule has 5 nitrogen and oxygen atoms in total. The van der Waals surface area contributed by atoms with Gasteiger partial charge in [0.2, 0.25) is 5.95 Å². The fourth-order valence-electron chi connectivity index (χ4n) is 11.5. The van der Waals surface area contributed by atoms with Gasteiger partial charge in [-0.2, -0.15) is 0 Å². The summed E-state index contributed by atoms with van der Waals surface area (Å²) in [5.41, 5.74) is 16.5. The van der Waals surface area contributed by atoms with E-state index in [1.54, 1.807) is 0 Å². The van der Waals surface area contributed by atoms with Gasteiger partial charge in [-0.15, -0.1) is 0 Å². The van der Waals surface area contributed by atoms with Gasteiger partial charge in [0.15, 0.2) is 0 Å². The van der Waals surface area contributed by atoms with Crippen LogP contribution in [-0.2, 0) is 0 Å². The van der Waals surface area contributed by atoms with Crippen molar-refractivity contribution in [2.45, 2.75) is 0 Å². The summed E-state index contributed by atoms with van der Waals surface area (Å²) in [7, 11) is 0. The van der Waals surface area contributed by atoms with Gasteiger partial charge in [-0.25, -0.2) is 9.97 Å². The lowest BCUT2D eigenvalue weighted by atomic mass is 9.98. The summed E-state index contributed by atoms with van der Waals surface area (Å²) in [6.07, 6.45) is 0. The van der Waals surface area contributed by atoms with Crippen LogP contribution < -0.4 is 0 Å². The fraction of sp³-hybridized carbons (Fsp3) is 0. The minimum Gasteiger partial charge on any atom is -0.309 e. The van der Waals surface area contributed by atoms with Crippen molar-refractivity contribution >= 4 is 87.1 Å². The summed E-state index contributed by atoms with van der Waals surface area (Å²) in [5, 5.41) is 10.6. The van der Waals surface area contributed by atoms with Crippen molar-refractivity contribution < 1.29 is 0 Å². The molecular weight excluding hydrogens is 863 g/mol. The van der Waals surface area contributed by atoms with Gasteiger partial charge in [-0.3, -0.25) is 4.57 Å². The van der Waals surface area contributed by atoms with E-state index in [1.807, 2.05) is 0 Å². The van der Waals surface area contributed by atoms with Crippen LogP contribution in [0.3, 0.4) is 0 Å². The standard InChI is InChI=1S/C66H41N5/c1-4-18-42(19-5-1)46-24-16-26-48(38-46)69-56-32-14-11-28-50(56)53-40-54-61(41-60(53)69)70(49-27-17-25-47(39-49)43-20-6-2-7-21-43)58-36-34-44-35-37-59-63(62(44)64(54)58)52-30-12-15-33-57(52)71(59)66-67-55-31-13-10-29-51(55)65(68-66)45-22-8-3-9-23-45/h1-41H. The second kappa shape index (κ2) is 15.5. The van der Waals surface area contributed by atoms with Gasteiger partial charge in [0.1, 0.15) is 0 Å². The molecule has 0 N–H and O–H groups in total. The summed E-state index contributed by atoms with van der Waals surface area (Å²) in [6.45, 7) is 0. The highest BCUT2D eigenvalue weighted by atomic mass is 15.2. The summed E-state index contributed by atoms with van der Waals surface area (Å²) in [5.74, 6) is 0.645. The van der Waals surface area contributed by atoms with E-state index >= 15 is 0 Å². The molecule has 0 radical (unpaired) electrons. The van der Waals surface area contributed by atoms with Crippen LogP contribution in [0.25, 0.3) is 138 Å². The second-order valence-corrected chi connectivity index (χ2v) is 18.5. The van der Waals surface area contributed by atoms with Crippen LogP contribution in [0.1, 0.15) is 0 Å². The third-order valence-electron chi connectivity index (χ3n) is 14.6. The third kappa shape index (κ3) is 6.00. The molecule has 0 atom stereocenters. The van der Waals surface area contributed by atoms with Crippen molar-refractivity contribution in [1.29, 1.82) is 0 Å². The maximum absolute atomic E-state index is 5.44. The molecular formula is C66H41N5. The molecule has 11 aromatic carbocycles. The SMILES string of the molecule is c1ccc(-c2cccc(-n3c4ccccc4c4cc5c6c7c(ccc6n(-c6cccc(-c8ccccc8)c6)c5cc43)ccc3c7c4ccccc4n3-c3nc(-c4ccccc4)c4ccccc4n3)c2)cc1. The van der Waals surface area contributed by atoms with Crippen LogP contribution in [0.5, 0.6) is 0 Å². The number of nitrogens with zero attached hydrogens (tertiary/aromatic N) is 5. The topological polar surface area (TPSA) is 40.6 Å². The number of aromatic nitrogens is 5. The van der Waals surface area contributed by atoms with Crippen LogP contribution in [0, 0.1) is 0 Å². The quantitative estimate of drug-likeness (QED) is 0.167. The Hall–Kier alpha value is -9.58. The lowest BCUT2D eigenvalue weighted by molar-refractivity contribution is 1.01. The van der Waals surface area contributed by atoms with E-state index in [0.717, 1.165) is 66.5 Å². The molecule has 71 heavy (non-hydrogen) atoms. The Labute approximate surface area is 408 Å². The molecule has 0 aliphatic carbocycles. The molecule has 0 unspecified atom stereocenters. The van der Waals surface area contributed by atoms with Gasteiger partial charge < -0.3 is 9.13 Å². The zero-order valence-electron chi connectivity index (χ0n) is 38.4. The molecule has 15 rings (SSSR count). The highest BCUT2D eigenvalue weighted by molar-refractivity contribution is 6.34.